The van der Waals surface area contributed by atoms with Crippen LogP contribution in [0.25, 0.3) is 22.2 Å². The van der Waals surface area contributed by atoms with E-state index in [2.05, 4.69) is 20.3 Å². The zero-order valence-electron chi connectivity index (χ0n) is 15.7. The Morgan fingerprint density at radius 1 is 1.14 bits per heavy atom. The Morgan fingerprint density at radius 2 is 1.86 bits per heavy atom. The number of nitrogens with zero attached hydrogens (tertiary/aromatic N) is 1. The minimum Gasteiger partial charge on any atom is -0.496 e. The number of rotatable bonds is 6. The average Bonchev–Trinajstić information content (AvgIpc) is 2.68. The van der Waals surface area contributed by atoms with E-state index in [9.17, 15) is 13.2 Å². The van der Waals surface area contributed by atoms with Crippen molar-refractivity contribution in [3.63, 3.8) is 0 Å². The second kappa shape index (κ2) is 8.15. The maximum atomic E-state index is 11.8. The number of nitrogens with one attached hydrogen (secondary N) is 4. The average molecular weight is 413 g/mol. The molecule has 0 saturated carbocycles. The zero-order chi connectivity index (χ0) is 21.0. The van der Waals surface area contributed by atoms with Crippen LogP contribution < -0.4 is 20.1 Å². The second-order valence-electron chi connectivity index (χ2n) is 6.10. The molecule has 0 fully saturated rings. The van der Waals surface area contributed by atoms with Gasteiger partial charge in [-0.2, -0.15) is 0 Å². The fourth-order valence-corrected chi connectivity index (χ4v) is 3.41. The van der Waals surface area contributed by atoms with E-state index in [0.717, 1.165) is 11.8 Å². The van der Waals surface area contributed by atoms with Crippen molar-refractivity contribution in [2.75, 3.05) is 23.4 Å². The topological polar surface area (TPSA) is 133 Å². The van der Waals surface area contributed by atoms with Crippen LogP contribution in [-0.2, 0) is 14.8 Å². The first-order valence-electron chi connectivity index (χ1n) is 8.43. The molecule has 150 valence electrons. The third-order valence-corrected chi connectivity index (χ3v) is 4.56. The lowest BCUT2D eigenvalue weighted by atomic mass is 10.1. The Labute approximate surface area is 167 Å². The lowest BCUT2D eigenvalue weighted by Gasteiger charge is -2.17. The molecule has 0 saturated heterocycles. The number of fused-ring (bicyclic) bond motifs is 1. The van der Waals surface area contributed by atoms with Gasteiger partial charge in [-0.05, 0) is 18.2 Å². The molecule has 29 heavy (non-hydrogen) atoms. The predicted molar refractivity (Wildman–Crippen MR) is 113 cm³/mol. The Morgan fingerprint density at radius 3 is 2.48 bits per heavy atom. The summed E-state index contributed by atoms with van der Waals surface area (Å²) < 4.78 is 31.5. The molecular weight excluding hydrogens is 394 g/mol. The van der Waals surface area contributed by atoms with Gasteiger partial charge < -0.3 is 10.1 Å². The molecule has 0 atom stereocenters. The molecule has 0 unspecified atom stereocenters. The first kappa shape index (κ1) is 20.1. The van der Waals surface area contributed by atoms with Gasteiger partial charge in [-0.15, -0.1) is 0 Å². The number of pyridine rings is 1. The van der Waals surface area contributed by atoms with E-state index in [1.807, 2.05) is 30.3 Å². The fourth-order valence-electron chi connectivity index (χ4n) is 2.85. The third kappa shape index (κ3) is 4.61. The number of sulfonamides is 1. The molecule has 1 amide bonds. The van der Waals surface area contributed by atoms with Gasteiger partial charge in [-0.3, -0.25) is 20.2 Å². The molecule has 0 spiro atoms. The van der Waals surface area contributed by atoms with E-state index in [1.54, 1.807) is 18.2 Å². The van der Waals surface area contributed by atoms with Crippen molar-refractivity contribution >= 4 is 44.7 Å². The molecule has 3 aromatic rings. The van der Waals surface area contributed by atoms with Crippen molar-refractivity contribution in [1.82, 2.24) is 10.3 Å². The van der Waals surface area contributed by atoms with Gasteiger partial charge >= 0.3 is 0 Å². The minimum atomic E-state index is -3.56. The van der Waals surface area contributed by atoms with Gasteiger partial charge in [0.2, 0.25) is 16.4 Å². The number of amides is 1. The van der Waals surface area contributed by atoms with Gasteiger partial charge in [-0.25, -0.2) is 13.4 Å². The quantitative estimate of drug-likeness (QED) is 0.279. The van der Waals surface area contributed by atoms with Crippen LogP contribution in [0.2, 0.25) is 0 Å². The summed E-state index contributed by atoms with van der Waals surface area (Å²) in [6.07, 6.45) is 1.43. The van der Waals surface area contributed by atoms with E-state index in [0.29, 0.717) is 34.4 Å². The van der Waals surface area contributed by atoms with E-state index < -0.39 is 10.0 Å². The fraction of sp³-hybridized carbons (Fsp3) is 0.105. The predicted octanol–water partition coefficient (Wildman–Crippen LogP) is 2.37. The molecule has 4 N–H and O–H groups in total. The number of carbonyl (C=O) groups is 1. The maximum absolute atomic E-state index is 11.8. The summed E-state index contributed by atoms with van der Waals surface area (Å²) >= 11 is 0. The second-order valence-corrected chi connectivity index (χ2v) is 7.84. The smallest absolute Gasteiger partial charge is 0.229 e. The highest BCUT2D eigenvalue weighted by Crippen LogP contribution is 2.38. The van der Waals surface area contributed by atoms with Crippen molar-refractivity contribution in [2.45, 2.75) is 0 Å². The molecule has 1 heterocycles. The minimum absolute atomic E-state index is 0.255. The number of ether oxygens (including phenoxy) is 1. The molecule has 9 nitrogen and oxygen atoms in total. The number of guanidine groups is 1. The summed E-state index contributed by atoms with van der Waals surface area (Å²) in [5.41, 5.74) is 2.35. The molecule has 1 aromatic heterocycles. The Kier molecular flexibility index (Phi) is 5.64. The molecular formula is C19H19N5O4S. The van der Waals surface area contributed by atoms with Crippen LogP contribution in [0.1, 0.15) is 0 Å². The van der Waals surface area contributed by atoms with E-state index in [-0.39, 0.29) is 11.6 Å². The van der Waals surface area contributed by atoms with Crippen LogP contribution in [0, 0.1) is 5.41 Å². The van der Waals surface area contributed by atoms with Crippen molar-refractivity contribution in [1.29, 1.82) is 5.41 Å². The standard InChI is InChI=1S/C19H19N5O4S/c1-28-16-9-8-13(24-29(2,26)27)18-17(16)15(23-19(20)21-11-25)10-14(22-18)12-6-4-3-5-7-12/h3-11,24H,1-2H3,(H3,20,21,22,23,25). The Balaban J connectivity index is 2.33. The van der Waals surface area contributed by atoms with E-state index in [4.69, 9.17) is 10.1 Å². The number of hydrogen-bond donors (Lipinski definition) is 4. The van der Waals surface area contributed by atoms with Crippen molar-refractivity contribution in [3.05, 3.63) is 48.5 Å². The number of carbonyl (C=O) groups excluding carboxylic acids is 1. The number of aromatic nitrogens is 1. The Hall–Kier alpha value is -3.66. The third-order valence-electron chi connectivity index (χ3n) is 3.97. The van der Waals surface area contributed by atoms with Gasteiger partial charge in [-0.1, -0.05) is 30.3 Å². The number of methoxy groups -OCH3 is 1. The summed E-state index contributed by atoms with van der Waals surface area (Å²) in [5.74, 6) is 0.169. The highest BCUT2D eigenvalue weighted by atomic mass is 32.2. The molecule has 0 aliphatic carbocycles. The van der Waals surface area contributed by atoms with Gasteiger partial charge in [0.25, 0.3) is 0 Å². The summed E-state index contributed by atoms with van der Waals surface area (Å²) in [5, 5.41) is 13.4. The van der Waals surface area contributed by atoms with Crippen molar-refractivity contribution < 1.29 is 17.9 Å². The molecule has 10 heteroatoms. The van der Waals surface area contributed by atoms with Crippen molar-refractivity contribution in [3.8, 4) is 17.0 Å². The maximum Gasteiger partial charge on any atom is 0.229 e. The number of benzene rings is 2. The molecule has 0 radical (unpaired) electrons. The molecule has 0 bridgehead atoms. The van der Waals surface area contributed by atoms with Gasteiger partial charge in [0.1, 0.15) is 11.3 Å². The van der Waals surface area contributed by atoms with Crippen LogP contribution in [0.4, 0.5) is 11.4 Å². The van der Waals surface area contributed by atoms with Crippen LogP contribution in [0.5, 0.6) is 5.75 Å². The van der Waals surface area contributed by atoms with E-state index >= 15 is 0 Å². The van der Waals surface area contributed by atoms with Gasteiger partial charge in [0, 0.05) is 5.56 Å². The molecule has 0 aliphatic rings. The van der Waals surface area contributed by atoms with Crippen LogP contribution >= 0.6 is 0 Å². The van der Waals surface area contributed by atoms with Crippen LogP contribution in [0.15, 0.2) is 48.5 Å². The largest absolute Gasteiger partial charge is 0.496 e. The number of anilines is 2. The van der Waals surface area contributed by atoms with Gasteiger partial charge in [0.05, 0.1) is 35.8 Å². The first-order chi connectivity index (χ1) is 13.8. The Bertz CT molecular complexity index is 1180. The van der Waals surface area contributed by atoms with Crippen LogP contribution in [-0.4, -0.2) is 39.1 Å². The van der Waals surface area contributed by atoms with E-state index in [1.165, 1.54) is 7.11 Å². The lowest BCUT2D eigenvalue weighted by Crippen LogP contribution is -2.28. The molecule has 3 rings (SSSR count). The molecule has 0 aliphatic heterocycles. The first-order valence-corrected chi connectivity index (χ1v) is 10.3. The monoisotopic (exact) mass is 413 g/mol. The summed E-state index contributed by atoms with van der Waals surface area (Å²) in [6, 6.07) is 14.1. The lowest BCUT2D eigenvalue weighted by molar-refractivity contribution is -0.108. The highest BCUT2D eigenvalue weighted by Gasteiger charge is 2.18. The summed E-state index contributed by atoms with van der Waals surface area (Å²) in [7, 11) is -2.09. The normalized spacial score (nSPS) is 11.0. The van der Waals surface area contributed by atoms with Crippen LogP contribution in [0.3, 0.4) is 0 Å². The highest BCUT2D eigenvalue weighted by molar-refractivity contribution is 7.92. The number of hydrogen-bond acceptors (Lipinski definition) is 6. The molecule has 2 aromatic carbocycles. The van der Waals surface area contributed by atoms with Crippen molar-refractivity contribution in [2.24, 2.45) is 0 Å². The summed E-state index contributed by atoms with van der Waals surface area (Å²) in [4.78, 5) is 15.3. The summed E-state index contributed by atoms with van der Waals surface area (Å²) in [6.45, 7) is 0. The zero-order valence-corrected chi connectivity index (χ0v) is 16.5. The van der Waals surface area contributed by atoms with Gasteiger partial charge in [0.15, 0.2) is 5.96 Å². The SMILES string of the molecule is COc1ccc(NS(C)(=O)=O)c2nc(-c3ccccc3)cc(NC(=N)NC=O)c12.